The number of halogens is 4. The van der Waals surface area contributed by atoms with Gasteiger partial charge in [0, 0.05) is 18.8 Å². The molecule has 0 saturated heterocycles. The summed E-state index contributed by atoms with van der Waals surface area (Å²) in [5, 5.41) is 0.356. The smallest absolute Gasteiger partial charge is 0.387 e. The molecule has 0 radical (unpaired) electrons. The molecule has 0 amide bonds. The van der Waals surface area contributed by atoms with Gasteiger partial charge in [-0.1, -0.05) is 29.3 Å². The molecule has 55 heavy (non-hydrogen) atoms. The first kappa shape index (κ1) is 41.7. The molecule has 298 valence electrons. The summed E-state index contributed by atoms with van der Waals surface area (Å²) in [5.74, 6) is -2.42. The molecule has 18 heteroatoms. The number of hydrogen-bond donors (Lipinski definition) is 1. The monoisotopic (exact) mass is 828 g/mol. The number of rotatable bonds is 19. The Kier molecular flexibility index (Phi) is 14.0. The van der Waals surface area contributed by atoms with E-state index < -0.39 is 60.3 Å². The lowest BCUT2D eigenvalue weighted by molar-refractivity contribution is -0.153. The van der Waals surface area contributed by atoms with Crippen LogP contribution in [0.5, 0.6) is 17.2 Å². The zero-order valence-corrected chi connectivity index (χ0v) is 32.5. The molecule has 1 heterocycles. The first-order valence-electron chi connectivity index (χ1n) is 17.3. The molecule has 0 N–H and O–H groups in total. The number of pyridine rings is 1. The predicted octanol–water partition coefficient (Wildman–Crippen LogP) is 6.93. The third kappa shape index (κ3) is 12.8. The van der Waals surface area contributed by atoms with Crippen molar-refractivity contribution in [1.82, 2.24) is 4.98 Å². The van der Waals surface area contributed by atoms with E-state index in [4.69, 9.17) is 46.9 Å². The number of aromatic nitrogens is 1. The van der Waals surface area contributed by atoms with E-state index in [1.54, 1.807) is 20.8 Å². The highest BCUT2D eigenvalue weighted by molar-refractivity contribution is 7.74. The van der Waals surface area contributed by atoms with Crippen molar-refractivity contribution in [2.24, 2.45) is 11.8 Å². The molecule has 2 aliphatic carbocycles. The number of esters is 3. The molecule has 5 rings (SSSR count). The molecule has 2 fully saturated rings. The van der Waals surface area contributed by atoms with Crippen LogP contribution < -0.4 is 18.5 Å². The van der Waals surface area contributed by atoms with E-state index in [0.29, 0.717) is 11.1 Å². The van der Waals surface area contributed by atoms with Gasteiger partial charge in [-0.25, -0.2) is 18.0 Å². The lowest BCUT2D eigenvalue weighted by Crippen LogP contribution is -2.34. The van der Waals surface area contributed by atoms with Crippen molar-refractivity contribution < 1.29 is 60.0 Å². The average molecular weight is 830 g/mol. The number of benzene rings is 2. The van der Waals surface area contributed by atoms with Crippen LogP contribution in [0.2, 0.25) is 10.0 Å². The van der Waals surface area contributed by atoms with E-state index in [1.165, 1.54) is 48.8 Å². The summed E-state index contributed by atoms with van der Waals surface area (Å²) < 4.78 is 84.4. The maximum Gasteiger partial charge on any atom is 0.387 e. The minimum Gasteiger partial charge on any atom is -0.491 e. The van der Waals surface area contributed by atoms with E-state index in [1.807, 2.05) is 0 Å². The second-order valence-electron chi connectivity index (χ2n) is 14.0. The van der Waals surface area contributed by atoms with Gasteiger partial charge >= 0.3 is 24.5 Å². The summed E-state index contributed by atoms with van der Waals surface area (Å²) in [6, 6.07) is 7.91. The van der Waals surface area contributed by atoms with E-state index in [0.717, 1.165) is 30.0 Å². The minimum absolute atomic E-state index is 0.000281. The van der Waals surface area contributed by atoms with Crippen molar-refractivity contribution in [3.05, 3.63) is 75.5 Å². The molecule has 0 bridgehead atoms. The maximum absolute atomic E-state index is 13.2. The Balaban J connectivity index is 1.33. The third-order valence-electron chi connectivity index (χ3n) is 8.20. The average Bonchev–Trinajstić information content (AvgIpc) is 4.05. The van der Waals surface area contributed by atoms with Gasteiger partial charge in [-0.2, -0.15) is 8.78 Å². The first-order chi connectivity index (χ1) is 26.1. The topological polar surface area (TPSA) is 157 Å². The Morgan fingerprint density at radius 3 is 2.11 bits per heavy atom. The molecule has 13 nitrogen and oxygen atoms in total. The van der Waals surface area contributed by atoms with Gasteiger partial charge in [0.1, 0.15) is 24.0 Å². The van der Waals surface area contributed by atoms with E-state index in [2.05, 4.69) is 9.72 Å². The molecule has 2 saturated carbocycles. The minimum atomic E-state index is -3.34. The van der Waals surface area contributed by atoms with Gasteiger partial charge in [0.2, 0.25) is 10.9 Å². The number of thiol groups is 1. The normalized spacial score (nSPS) is 14.6. The Bertz CT molecular complexity index is 1920. The molecule has 1 unspecified atom stereocenters. The highest BCUT2D eigenvalue weighted by Crippen LogP contribution is 2.38. The quantitative estimate of drug-likeness (QED) is 0.0757. The Hall–Kier alpha value is -4.41. The lowest BCUT2D eigenvalue weighted by atomic mass is 10.0. The predicted molar refractivity (Wildman–Crippen MR) is 197 cm³/mol. The molecule has 2 aliphatic rings. The number of ether oxygens (including phenoxy) is 6. The molecular weight excluding hydrogens is 789 g/mol. The van der Waals surface area contributed by atoms with Crippen LogP contribution in [-0.4, -0.2) is 69.9 Å². The number of carbonyl (C=O) groups is 3. The van der Waals surface area contributed by atoms with Gasteiger partial charge in [0.15, 0.2) is 18.1 Å². The zero-order chi connectivity index (χ0) is 39.9. The van der Waals surface area contributed by atoms with Crippen LogP contribution in [0.4, 0.5) is 14.5 Å². The summed E-state index contributed by atoms with van der Waals surface area (Å²) in [7, 11) is -3.34. The largest absolute Gasteiger partial charge is 0.491 e. The summed E-state index contributed by atoms with van der Waals surface area (Å²) in [6.07, 6.45) is 5.21. The molecule has 2 aromatic carbocycles. The highest BCUT2D eigenvalue weighted by Gasteiger charge is 2.29. The highest BCUT2D eigenvalue weighted by atomic mass is 35.5. The number of anilines is 1. The third-order valence-corrected chi connectivity index (χ3v) is 9.61. The second kappa shape index (κ2) is 18.5. The van der Waals surface area contributed by atoms with Gasteiger partial charge in [-0.15, -0.1) is 0 Å². The Morgan fingerprint density at radius 1 is 0.891 bits per heavy atom. The standard InChI is InChI=1S/C37H40Cl2F2N2O11S/c1-37(2,3)54-33(44)17-43(55(47)48)28-10-8-24(13-31(28)49-18-21-4-5-21)35(46)51-20-34(45)52-30(14-25-26(38)15-42-16-27(25)39)23-9-11-29(53-36(40)41)32(12-23)50-19-22-6-7-22/h8-13,15-16,21-22,30,36,55H,4-7,14,17-20H2,1-3H3. The summed E-state index contributed by atoms with van der Waals surface area (Å²) >= 11 is 12.7. The number of hydrogen-bond acceptors (Lipinski definition) is 12. The number of carbonyl (C=O) groups excluding carboxylic acids is 3. The summed E-state index contributed by atoms with van der Waals surface area (Å²) in [6.45, 7) is 0.836. The van der Waals surface area contributed by atoms with Crippen molar-refractivity contribution in [3.8, 4) is 17.2 Å². The molecule has 0 spiro atoms. The fourth-order valence-electron chi connectivity index (χ4n) is 5.16. The van der Waals surface area contributed by atoms with E-state index >= 15 is 0 Å². The lowest BCUT2D eigenvalue weighted by Gasteiger charge is -2.24. The van der Waals surface area contributed by atoms with Crippen LogP contribution in [0, 0.1) is 11.8 Å². The summed E-state index contributed by atoms with van der Waals surface area (Å²) in [5.41, 5.74) is -0.253. The van der Waals surface area contributed by atoms with Crippen LogP contribution >= 0.6 is 23.2 Å². The van der Waals surface area contributed by atoms with Crippen LogP contribution in [0.25, 0.3) is 0 Å². The van der Waals surface area contributed by atoms with Crippen LogP contribution in [0.15, 0.2) is 48.8 Å². The van der Waals surface area contributed by atoms with E-state index in [9.17, 15) is 31.6 Å². The van der Waals surface area contributed by atoms with Crippen LogP contribution in [0.3, 0.4) is 0 Å². The molecule has 0 aliphatic heterocycles. The van der Waals surface area contributed by atoms with Crippen molar-refractivity contribution in [3.63, 3.8) is 0 Å². The van der Waals surface area contributed by atoms with Crippen molar-refractivity contribution in [2.45, 2.75) is 71.2 Å². The van der Waals surface area contributed by atoms with Crippen molar-refractivity contribution >= 4 is 57.7 Å². The van der Waals surface area contributed by atoms with Gasteiger partial charge in [0.25, 0.3) is 0 Å². The second-order valence-corrected chi connectivity index (χ2v) is 15.8. The number of alkyl halides is 2. The van der Waals surface area contributed by atoms with Gasteiger partial charge < -0.3 is 28.4 Å². The van der Waals surface area contributed by atoms with Crippen LogP contribution in [0.1, 0.15) is 74.0 Å². The zero-order valence-electron chi connectivity index (χ0n) is 30.1. The van der Waals surface area contributed by atoms with Gasteiger partial charge in [0.05, 0.1) is 34.5 Å². The maximum atomic E-state index is 13.2. The van der Waals surface area contributed by atoms with E-state index in [-0.39, 0.29) is 70.0 Å². The summed E-state index contributed by atoms with van der Waals surface area (Å²) in [4.78, 5) is 42.9. The van der Waals surface area contributed by atoms with Gasteiger partial charge in [-0.3, -0.25) is 14.1 Å². The fraction of sp³-hybridized carbons (Fsp3) is 0.459. The van der Waals surface area contributed by atoms with Crippen molar-refractivity contribution in [2.75, 3.05) is 30.7 Å². The first-order valence-corrected chi connectivity index (χ1v) is 19.2. The SMILES string of the molecule is CC(C)(C)OC(=O)CN(c1ccc(C(=O)OCC(=O)OC(Cc2c(Cl)cncc2Cl)c2ccc(OC(F)F)c(OCC3CC3)c2)cc1OCC1CC1)[SH](=O)=O. The van der Waals surface area contributed by atoms with Gasteiger partial charge in [-0.05, 0) is 99.7 Å². The molecular formula is C37H40Cl2F2N2O11S. The Labute approximate surface area is 328 Å². The molecule has 3 aromatic rings. The molecule has 1 atom stereocenters. The Morgan fingerprint density at radius 2 is 1.53 bits per heavy atom. The van der Waals surface area contributed by atoms with Crippen LogP contribution in [-0.2, 0) is 41.1 Å². The van der Waals surface area contributed by atoms with Crippen molar-refractivity contribution in [1.29, 1.82) is 0 Å². The fourth-order valence-corrected chi connectivity index (χ4v) is 6.25. The molecule has 1 aromatic heterocycles. The number of nitrogens with zero attached hydrogens (tertiary/aromatic N) is 2.